The number of halogens is 2. The highest BCUT2D eigenvalue weighted by Crippen LogP contribution is 2.31. The molecular weight excluding hydrogens is 379 g/mol. The molecule has 0 aliphatic carbocycles. The van der Waals surface area contributed by atoms with E-state index in [0.717, 1.165) is 12.8 Å². The molecule has 1 saturated heterocycles. The Morgan fingerprint density at radius 2 is 2.08 bits per heavy atom. The Labute approximate surface area is 160 Å². The summed E-state index contributed by atoms with van der Waals surface area (Å²) in [6.07, 6.45) is 3.10. The number of benzene rings is 1. The number of hydrogen-bond donors (Lipinski definition) is 2. The number of carbonyl (C=O) groups excluding carboxylic acids is 1. The van der Waals surface area contributed by atoms with E-state index in [4.69, 9.17) is 27.9 Å². The van der Waals surface area contributed by atoms with Crippen LogP contribution in [0.3, 0.4) is 0 Å². The molecule has 0 unspecified atom stereocenters. The maximum Gasteiger partial charge on any atom is 0.255 e. The van der Waals surface area contributed by atoms with Gasteiger partial charge in [-0.1, -0.05) is 23.2 Å². The maximum atomic E-state index is 12.4. The van der Waals surface area contributed by atoms with Gasteiger partial charge >= 0.3 is 0 Å². The molecule has 1 aromatic carbocycles. The monoisotopic (exact) mass is 396 g/mol. The number of nitrogens with zero attached hydrogens (tertiary/aromatic N) is 3. The molecule has 1 aliphatic heterocycles. The third kappa shape index (κ3) is 4.11. The number of phenolic OH excluding ortho intramolecular Hbond substituents is 1. The second-order valence-electron chi connectivity index (χ2n) is 5.92. The minimum Gasteiger partial charge on any atom is -0.506 e. The average molecular weight is 397 g/mol. The van der Waals surface area contributed by atoms with E-state index in [9.17, 15) is 9.90 Å². The van der Waals surface area contributed by atoms with Crippen molar-refractivity contribution in [1.82, 2.24) is 15.3 Å². The Bertz CT molecular complexity index is 811. The van der Waals surface area contributed by atoms with Gasteiger partial charge in [-0.3, -0.25) is 4.79 Å². The molecule has 0 atom stereocenters. The first-order chi connectivity index (χ1) is 12.5. The molecule has 0 radical (unpaired) electrons. The van der Waals surface area contributed by atoms with Crippen molar-refractivity contribution in [3.8, 4) is 11.6 Å². The molecular formula is C17H18Cl2N4O3. The lowest BCUT2D eigenvalue weighted by Crippen LogP contribution is -2.45. The fraction of sp³-hybridized carbons (Fsp3) is 0.353. The first-order valence-electron chi connectivity index (χ1n) is 8.09. The quantitative estimate of drug-likeness (QED) is 0.825. The molecule has 2 heterocycles. The molecule has 1 amide bonds. The van der Waals surface area contributed by atoms with Crippen molar-refractivity contribution in [2.75, 3.05) is 25.1 Å². The predicted molar refractivity (Wildman–Crippen MR) is 99.4 cm³/mol. The van der Waals surface area contributed by atoms with Crippen molar-refractivity contribution >= 4 is 35.1 Å². The lowest BCUT2D eigenvalue weighted by Gasteiger charge is -2.32. The Morgan fingerprint density at radius 3 is 2.77 bits per heavy atom. The van der Waals surface area contributed by atoms with Crippen LogP contribution in [0, 0.1) is 0 Å². The number of carbonyl (C=O) groups is 1. The molecule has 138 valence electrons. The van der Waals surface area contributed by atoms with Crippen molar-refractivity contribution in [2.45, 2.75) is 18.9 Å². The van der Waals surface area contributed by atoms with Crippen LogP contribution >= 0.6 is 23.2 Å². The summed E-state index contributed by atoms with van der Waals surface area (Å²) in [6.45, 7) is 1.39. The van der Waals surface area contributed by atoms with Crippen molar-refractivity contribution in [1.29, 1.82) is 0 Å². The van der Waals surface area contributed by atoms with Crippen molar-refractivity contribution in [3.05, 3.63) is 40.0 Å². The maximum absolute atomic E-state index is 12.4. The van der Waals surface area contributed by atoms with Crippen LogP contribution in [0.15, 0.2) is 24.4 Å². The topological polar surface area (TPSA) is 87.6 Å². The zero-order valence-electron chi connectivity index (χ0n) is 14.1. The van der Waals surface area contributed by atoms with Crippen LogP contribution in [0.1, 0.15) is 23.2 Å². The number of ether oxygens (including phenoxy) is 1. The first kappa shape index (κ1) is 18.5. The van der Waals surface area contributed by atoms with Gasteiger partial charge in [0.25, 0.3) is 5.91 Å². The number of hydrogen-bond acceptors (Lipinski definition) is 6. The van der Waals surface area contributed by atoms with Crippen molar-refractivity contribution < 1.29 is 14.6 Å². The molecule has 0 saturated carbocycles. The molecule has 0 bridgehead atoms. The summed E-state index contributed by atoms with van der Waals surface area (Å²) in [6, 6.07) is 4.46. The van der Waals surface area contributed by atoms with Gasteiger partial charge in [-0.15, -0.1) is 0 Å². The minimum absolute atomic E-state index is 0.0264. The lowest BCUT2D eigenvalue weighted by molar-refractivity contribution is 0.0928. The second kappa shape index (κ2) is 7.97. The van der Waals surface area contributed by atoms with Gasteiger partial charge in [0.05, 0.1) is 17.7 Å². The number of piperidine rings is 1. The lowest BCUT2D eigenvalue weighted by atomic mass is 10.0. The molecule has 2 N–H and O–H groups in total. The highest BCUT2D eigenvalue weighted by molar-refractivity contribution is 6.36. The van der Waals surface area contributed by atoms with E-state index >= 15 is 0 Å². The van der Waals surface area contributed by atoms with Crippen LogP contribution in [0.2, 0.25) is 10.0 Å². The third-order valence-corrected chi connectivity index (χ3v) is 4.72. The summed E-state index contributed by atoms with van der Waals surface area (Å²) in [4.78, 5) is 23.1. The highest BCUT2D eigenvalue weighted by Gasteiger charge is 2.24. The van der Waals surface area contributed by atoms with Crippen LogP contribution in [0.4, 0.5) is 5.95 Å². The Morgan fingerprint density at radius 1 is 1.35 bits per heavy atom. The second-order valence-corrected chi connectivity index (χ2v) is 6.76. The molecule has 2 aromatic rings. The molecule has 1 aromatic heterocycles. The van der Waals surface area contributed by atoms with Gasteiger partial charge in [0.15, 0.2) is 0 Å². The summed E-state index contributed by atoms with van der Waals surface area (Å²) >= 11 is 11.8. The van der Waals surface area contributed by atoms with Gasteiger partial charge < -0.3 is 20.1 Å². The summed E-state index contributed by atoms with van der Waals surface area (Å²) in [5, 5.41) is 13.2. The summed E-state index contributed by atoms with van der Waals surface area (Å²) in [5.41, 5.74) is 0.0704. The fourth-order valence-corrected chi connectivity index (χ4v) is 3.32. The Balaban J connectivity index is 1.61. The van der Waals surface area contributed by atoms with Crippen LogP contribution in [0.5, 0.6) is 11.6 Å². The number of nitrogens with one attached hydrogen (secondary N) is 1. The molecule has 1 fully saturated rings. The highest BCUT2D eigenvalue weighted by atomic mass is 35.5. The summed E-state index contributed by atoms with van der Waals surface area (Å²) in [5.74, 6) is 0.450. The Hall–Kier alpha value is -2.25. The van der Waals surface area contributed by atoms with E-state index in [0.29, 0.717) is 29.9 Å². The first-order valence-corrected chi connectivity index (χ1v) is 8.84. The van der Waals surface area contributed by atoms with Gasteiger partial charge in [-0.2, -0.15) is 4.98 Å². The number of aromatic hydroxyl groups is 1. The standard InChI is InChI=1S/C17H18Cl2N4O3/c1-26-14-2-5-20-17(22-14)23-6-3-11(4-7-23)21-16(25)12-8-10(18)9-13(19)15(12)24/h2,5,8-9,11,24H,3-4,6-7H2,1H3,(H,21,25). The number of aromatic nitrogens is 2. The van der Waals surface area contributed by atoms with Gasteiger partial charge in [0, 0.05) is 36.4 Å². The molecule has 7 nitrogen and oxygen atoms in total. The molecule has 26 heavy (non-hydrogen) atoms. The zero-order valence-corrected chi connectivity index (χ0v) is 15.6. The van der Waals surface area contributed by atoms with Crippen LogP contribution in [-0.2, 0) is 0 Å². The SMILES string of the molecule is COc1ccnc(N2CCC(NC(=O)c3cc(Cl)cc(Cl)c3O)CC2)n1. The predicted octanol–water partition coefficient (Wildman–Crippen LogP) is 2.90. The number of phenols is 1. The van der Waals surface area contributed by atoms with Gasteiger partial charge in [-0.25, -0.2) is 4.98 Å². The van der Waals surface area contributed by atoms with Gasteiger partial charge in [0.2, 0.25) is 11.8 Å². The van der Waals surface area contributed by atoms with Gasteiger partial charge in [0.1, 0.15) is 5.75 Å². The van der Waals surface area contributed by atoms with E-state index in [2.05, 4.69) is 15.3 Å². The van der Waals surface area contributed by atoms with E-state index in [1.807, 2.05) is 4.90 Å². The molecule has 1 aliphatic rings. The van der Waals surface area contributed by atoms with Gasteiger partial charge in [-0.05, 0) is 25.0 Å². The fourth-order valence-electron chi connectivity index (χ4n) is 2.82. The van der Waals surface area contributed by atoms with E-state index < -0.39 is 5.91 Å². The number of amides is 1. The van der Waals surface area contributed by atoms with Crippen LogP contribution < -0.4 is 15.0 Å². The Kier molecular flexibility index (Phi) is 5.68. The van der Waals surface area contributed by atoms with Crippen LogP contribution in [0.25, 0.3) is 0 Å². The zero-order chi connectivity index (χ0) is 18.7. The minimum atomic E-state index is -0.400. The largest absolute Gasteiger partial charge is 0.506 e. The molecule has 3 rings (SSSR count). The number of anilines is 1. The number of rotatable bonds is 4. The van der Waals surface area contributed by atoms with E-state index in [1.54, 1.807) is 19.4 Å². The van der Waals surface area contributed by atoms with Crippen molar-refractivity contribution in [2.24, 2.45) is 0 Å². The molecule has 0 spiro atoms. The van der Waals surface area contributed by atoms with E-state index in [1.165, 1.54) is 12.1 Å². The summed E-state index contributed by atoms with van der Waals surface area (Å²) in [7, 11) is 1.56. The number of methoxy groups -OCH3 is 1. The smallest absolute Gasteiger partial charge is 0.255 e. The normalized spacial score (nSPS) is 15.0. The third-order valence-electron chi connectivity index (χ3n) is 4.21. The summed E-state index contributed by atoms with van der Waals surface area (Å²) < 4.78 is 5.12. The van der Waals surface area contributed by atoms with Crippen molar-refractivity contribution in [3.63, 3.8) is 0 Å². The van der Waals surface area contributed by atoms with Crippen LogP contribution in [-0.4, -0.2) is 47.2 Å². The average Bonchev–Trinajstić information content (AvgIpc) is 2.65. The van der Waals surface area contributed by atoms with E-state index in [-0.39, 0.29) is 22.4 Å². The molecule has 9 heteroatoms.